The Kier molecular flexibility index (Phi) is 0.383. The van der Waals surface area contributed by atoms with E-state index in [9.17, 15) is 0 Å². The average molecular weight is 85.1 g/mol. The monoisotopic (exact) mass is 85.1 g/mol. The summed E-state index contributed by atoms with van der Waals surface area (Å²) >= 11 is 0. The van der Waals surface area contributed by atoms with Crippen LogP contribution in [0.5, 0.6) is 0 Å². The van der Waals surface area contributed by atoms with Crippen molar-refractivity contribution in [3.8, 4) is 0 Å². The molecule has 2 fully saturated rings. The Morgan fingerprint density at radius 1 is 1.67 bits per heavy atom. The van der Waals surface area contributed by atoms with Crippen LogP contribution in [0.4, 0.5) is 0 Å². The maximum atomic E-state index is 5.07. The molecule has 1 N–H and O–H groups in total. The Balaban J connectivity index is 2.03. The molecule has 2 aliphatic rings. The van der Waals surface area contributed by atoms with Gasteiger partial charge in [0.05, 0.1) is 18.8 Å². The molecule has 0 spiro atoms. The lowest BCUT2D eigenvalue weighted by atomic mass is 9.99. The van der Waals surface area contributed by atoms with E-state index in [0.29, 0.717) is 6.10 Å². The minimum absolute atomic E-state index is 0.602. The van der Waals surface area contributed by atoms with E-state index in [1.807, 2.05) is 0 Å². The van der Waals surface area contributed by atoms with Crippen LogP contribution in [0.1, 0.15) is 0 Å². The summed E-state index contributed by atoms with van der Waals surface area (Å²) in [6.07, 6.45) is 0.602. The molecule has 0 aromatic rings. The number of ether oxygens (including phenoxy) is 1. The van der Waals surface area contributed by atoms with Gasteiger partial charge in [-0.05, 0) is 0 Å². The van der Waals surface area contributed by atoms with E-state index in [2.05, 4.69) is 5.32 Å². The van der Waals surface area contributed by atoms with Crippen LogP contribution in [-0.4, -0.2) is 25.3 Å². The molecule has 0 radical (unpaired) electrons. The van der Waals surface area contributed by atoms with Crippen molar-refractivity contribution in [2.24, 2.45) is 0 Å². The fourth-order valence-corrected chi connectivity index (χ4v) is 0.827. The summed E-state index contributed by atoms with van der Waals surface area (Å²) in [5, 5.41) is 3.22. The predicted molar refractivity (Wildman–Crippen MR) is 21.5 cm³/mol. The zero-order valence-corrected chi connectivity index (χ0v) is 3.48. The Morgan fingerprint density at radius 2 is 2.50 bits per heavy atom. The van der Waals surface area contributed by atoms with Crippen LogP contribution in [0, 0.1) is 0 Å². The van der Waals surface area contributed by atoms with Crippen LogP contribution >= 0.6 is 0 Å². The van der Waals surface area contributed by atoms with Gasteiger partial charge in [0.1, 0.15) is 0 Å². The molecule has 0 aliphatic carbocycles. The lowest BCUT2D eigenvalue weighted by molar-refractivity contribution is -0.135. The summed E-state index contributed by atoms with van der Waals surface area (Å²) in [4.78, 5) is 0. The largest absolute Gasteiger partial charge is 0.373 e. The maximum absolute atomic E-state index is 5.07. The second-order valence-electron chi connectivity index (χ2n) is 1.89. The van der Waals surface area contributed by atoms with Crippen LogP contribution in [0.15, 0.2) is 0 Å². The first-order chi connectivity index (χ1) is 2.97. The first-order valence-electron chi connectivity index (χ1n) is 2.32. The van der Waals surface area contributed by atoms with Crippen molar-refractivity contribution in [1.82, 2.24) is 5.32 Å². The second kappa shape index (κ2) is 0.768. The van der Waals surface area contributed by atoms with E-state index in [1.54, 1.807) is 0 Å². The van der Waals surface area contributed by atoms with Crippen molar-refractivity contribution in [1.29, 1.82) is 0 Å². The summed E-state index contributed by atoms with van der Waals surface area (Å²) in [6.45, 7) is 2.04. The second-order valence-corrected chi connectivity index (χ2v) is 1.89. The van der Waals surface area contributed by atoms with Crippen molar-refractivity contribution in [2.45, 2.75) is 12.1 Å². The minimum atomic E-state index is 0.602. The van der Waals surface area contributed by atoms with Crippen LogP contribution in [0.3, 0.4) is 0 Å². The summed E-state index contributed by atoms with van der Waals surface area (Å²) in [7, 11) is 0. The molecule has 0 aromatic heterocycles. The molecule has 2 saturated heterocycles. The maximum Gasteiger partial charge on any atom is 0.0875 e. The number of morpholine rings is 1. The van der Waals surface area contributed by atoms with Gasteiger partial charge in [0.25, 0.3) is 0 Å². The van der Waals surface area contributed by atoms with Crippen LogP contribution in [-0.2, 0) is 4.74 Å². The van der Waals surface area contributed by atoms with Crippen LogP contribution < -0.4 is 5.32 Å². The zero-order valence-electron chi connectivity index (χ0n) is 3.48. The minimum Gasteiger partial charge on any atom is -0.373 e. The first-order valence-corrected chi connectivity index (χ1v) is 2.32. The summed E-state index contributed by atoms with van der Waals surface area (Å²) in [5.74, 6) is 0. The molecule has 2 atom stereocenters. The standard InChI is InChI=1S/C4H7NO/c1-4-3(5-1)2-6-4/h3-5H,1-2H2/t3?,4-/m0/s1. The van der Waals surface area contributed by atoms with Gasteiger partial charge in [-0.15, -0.1) is 0 Å². The van der Waals surface area contributed by atoms with Crippen molar-refractivity contribution in [3.63, 3.8) is 0 Å². The third-order valence-corrected chi connectivity index (χ3v) is 1.52. The molecule has 2 heteroatoms. The quantitative estimate of drug-likeness (QED) is 0.422. The number of rotatable bonds is 0. The summed E-state index contributed by atoms with van der Waals surface area (Å²) in [6, 6.07) is 0.741. The fraction of sp³-hybridized carbons (Fsp3) is 1.00. The molecule has 2 nitrogen and oxygen atoms in total. The van der Waals surface area contributed by atoms with Crippen molar-refractivity contribution < 1.29 is 4.74 Å². The highest BCUT2D eigenvalue weighted by Crippen LogP contribution is 2.18. The van der Waals surface area contributed by atoms with E-state index in [-0.39, 0.29) is 0 Å². The molecule has 6 heavy (non-hydrogen) atoms. The fourth-order valence-electron chi connectivity index (χ4n) is 0.827. The topological polar surface area (TPSA) is 21.3 Å². The Morgan fingerprint density at radius 3 is 2.50 bits per heavy atom. The SMILES string of the molecule is C1O[C@H]2CNC12. The first kappa shape index (κ1) is 2.99. The number of hydrogen-bond donors (Lipinski definition) is 1. The number of fused-ring (bicyclic) bond motifs is 1. The van der Waals surface area contributed by atoms with Crippen molar-refractivity contribution >= 4 is 0 Å². The molecule has 1 unspecified atom stereocenters. The van der Waals surface area contributed by atoms with Crippen LogP contribution in [0.25, 0.3) is 0 Å². The van der Waals surface area contributed by atoms with Gasteiger partial charge >= 0.3 is 0 Å². The third-order valence-electron chi connectivity index (χ3n) is 1.52. The van der Waals surface area contributed by atoms with Gasteiger partial charge < -0.3 is 10.1 Å². The van der Waals surface area contributed by atoms with Gasteiger partial charge in [-0.2, -0.15) is 0 Å². The molecule has 34 valence electrons. The zero-order chi connectivity index (χ0) is 3.98. The molecular formula is C4H7NO. The highest BCUT2D eigenvalue weighted by Gasteiger charge is 2.39. The summed E-state index contributed by atoms with van der Waals surface area (Å²) < 4.78 is 5.07. The Labute approximate surface area is 36.5 Å². The Bertz CT molecular complexity index is 55.9. The number of nitrogens with one attached hydrogen (secondary N) is 1. The van der Waals surface area contributed by atoms with Crippen LogP contribution in [0.2, 0.25) is 0 Å². The summed E-state index contributed by atoms with van der Waals surface area (Å²) in [5.41, 5.74) is 0. The van der Waals surface area contributed by atoms with Gasteiger partial charge in [-0.3, -0.25) is 0 Å². The van der Waals surface area contributed by atoms with Gasteiger partial charge in [-0.25, -0.2) is 0 Å². The molecule has 2 heterocycles. The molecule has 2 aliphatic heterocycles. The molecular weight excluding hydrogens is 78.0 g/mol. The van der Waals surface area contributed by atoms with Gasteiger partial charge in [-0.1, -0.05) is 0 Å². The van der Waals surface area contributed by atoms with Gasteiger partial charge in [0, 0.05) is 6.54 Å². The average Bonchev–Trinajstić information content (AvgIpc) is 1.54. The smallest absolute Gasteiger partial charge is 0.0875 e. The Hall–Kier alpha value is -0.0800. The number of hydrogen-bond acceptors (Lipinski definition) is 2. The van der Waals surface area contributed by atoms with E-state index < -0.39 is 0 Å². The van der Waals surface area contributed by atoms with E-state index in [4.69, 9.17) is 4.74 Å². The van der Waals surface area contributed by atoms with E-state index in [0.717, 1.165) is 19.2 Å². The predicted octanol–water partition coefficient (Wildman–Crippen LogP) is -0.643. The van der Waals surface area contributed by atoms with Crippen molar-refractivity contribution in [3.05, 3.63) is 0 Å². The van der Waals surface area contributed by atoms with E-state index >= 15 is 0 Å². The molecule has 0 aromatic carbocycles. The highest BCUT2D eigenvalue weighted by atomic mass is 16.5. The van der Waals surface area contributed by atoms with Crippen molar-refractivity contribution in [2.75, 3.05) is 13.2 Å². The lowest BCUT2D eigenvalue weighted by Crippen LogP contribution is -2.68. The molecule has 0 saturated carbocycles. The van der Waals surface area contributed by atoms with Gasteiger partial charge in [0.2, 0.25) is 0 Å². The lowest BCUT2D eigenvalue weighted by Gasteiger charge is -2.46. The highest BCUT2D eigenvalue weighted by molar-refractivity contribution is 4.95. The molecule has 0 bridgehead atoms. The van der Waals surface area contributed by atoms with E-state index in [1.165, 1.54) is 0 Å². The third kappa shape index (κ3) is 0.172. The van der Waals surface area contributed by atoms with Gasteiger partial charge in [0.15, 0.2) is 0 Å². The molecule has 0 amide bonds. The molecule has 2 rings (SSSR count). The normalized spacial score (nSPS) is 52.0.